The van der Waals surface area contributed by atoms with Crippen LogP contribution in [0.2, 0.25) is 0 Å². The first-order valence-electron chi connectivity index (χ1n) is 9.75. The van der Waals surface area contributed by atoms with E-state index in [9.17, 15) is 4.79 Å². The third kappa shape index (κ3) is 3.97. The average molecular weight is 355 g/mol. The predicted molar refractivity (Wildman–Crippen MR) is 101 cm³/mol. The lowest BCUT2D eigenvalue weighted by Crippen LogP contribution is -2.14. The van der Waals surface area contributed by atoms with Crippen LogP contribution < -0.4 is 0 Å². The van der Waals surface area contributed by atoms with Gasteiger partial charge >= 0.3 is 5.97 Å². The van der Waals surface area contributed by atoms with Gasteiger partial charge in [0.25, 0.3) is 0 Å². The summed E-state index contributed by atoms with van der Waals surface area (Å²) >= 11 is 0. The van der Waals surface area contributed by atoms with E-state index in [0.717, 1.165) is 25.7 Å². The minimum Gasteiger partial charge on any atom is -0.465 e. The standard InChI is InChI=1S/C21H29N3O2/c1-4-15(2)24-19-9-7-5-6-8-18(20(19)22-23-24)14-16-10-12-17(13-11-16)21(25)26-3/h10-13,15,18H,4-9,14H2,1-3H3. The van der Waals surface area contributed by atoms with Crippen molar-refractivity contribution < 1.29 is 9.53 Å². The summed E-state index contributed by atoms with van der Waals surface area (Å²) in [4.78, 5) is 11.6. The van der Waals surface area contributed by atoms with Gasteiger partial charge in [-0.1, -0.05) is 37.1 Å². The van der Waals surface area contributed by atoms with E-state index in [1.54, 1.807) is 0 Å². The third-order valence-electron chi connectivity index (χ3n) is 5.54. The van der Waals surface area contributed by atoms with Crippen LogP contribution in [0.1, 0.15) is 85.2 Å². The van der Waals surface area contributed by atoms with Crippen LogP contribution in [0.25, 0.3) is 0 Å². The SMILES string of the molecule is CCC(C)n1nnc2c1CCCCCC2Cc1ccc(C(=O)OC)cc1. The first-order valence-corrected chi connectivity index (χ1v) is 9.75. The first kappa shape index (κ1) is 18.6. The van der Waals surface area contributed by atoms with Crippen LogP contribution in [0.15, 0.2) is 24.3 Å². The van der Waals surface area contributed by atoms with Gasteiger partial charge in [-0.05, 0) is 56.7 Å². The highest BCUT2D eigenvalue weighted by atomic mass is 16.5. The summed E-state index contributed by atoms with van der Waals surface area (Å²) in [5.41, 5.74) is 4.34. The highest BCUT2D eigenvalue weighted by molar-refractivity contribution is 5.89. The Bertz CT molecular complexity index is 736. The molecule has 5 heteroatoms. The van der Waals surface area contributed by atoms with Crippen LogP contribution in [0.3, 0.4) is 0 Å². The molecule has 1 aromatic heterocycles. The topological polar surface area (TPSA) is 57.0 Å². The van der Waals surface area contributed by atoms with E-state index < -0.39 is 0 Å². The maximum absolute atomic E-state index is 11.6. The van der Waals surface area contributed by atoms with Gasteiger partial charge in [0.15, 0.2) is 0 Å². The Balaban J connectivity index is 1.84. The van der Waals surface area contributed by atoms with E-state index in [1.807, 2.05) is 24.3 Å². The summed E-state index contributed by atoms with van der Waals surface area (Å²) in [6.45, 7) is 4.41. The molecule has 2 unspecified atom stereocenters. The van der Waals surface area contributed by atoms with Crippen LogP contribution in [0.5, 0.6) is 0 Å². The summed E-state index contributed by atoms with van der Waals surface area (Å²) < 4.78 is 6.93. The predicted octanol–water partition coefficient (Wildman–Crippen LogP) is 4.48. The molecule has 1 aliphatic rings. The molecule has 0 bridgehead atoms. The third-order valence-corrected chi connectivity index (χ3v) is 5.54. The van der Waals surface area contributed by atoms with Gasteiger partial charge < -0.3 is 4.74 Å². The van der Waals surface area contributed by atoms with Crippen LogP contribution >= 0.6 is 0 Å². The molecule has 2 atom stereocenters. The van der Waals surface area contributed by atoms with Gasteiger partial charge in [-0.2, -0.15) is 0 Å². The van der Waals surface area contributed by atoms with Gasteiger partial charge in [-0.15, -0.1) is 5.10 Å². The lowest BCUT2D eigenvalue weighted by Gasteiger charge is -2.21. The number of aromatic nitrogens is 3. The van der Waals surface area contributed by atoms with Crippen molar-refractivity contribution in [2.24, 2.45) is 0 Å². The molecule has 0 aliphatic heterocycles. The Hall–Kier alpha value is -2.17. The molecule has 5 nitrogen and oxygen atoms in total. The number of rotatable bonds is 5. The van der Waals surface area contributed by atoms with Crippen LogP contribution in [-0.4, -0.2) is 28.1 Å². The van der Waals surface area contributed by atoms with E-state index in [1.165, 1.54) is 43.3 Å². The van der Waals surface area contributed by atoms with Crippen molar-refractivity contribution in [2.45, 2.75) is 70.8 Å². The number of fused-ring (bicyclic) bond motifs is 1. The van der Waals surface area contributed by atoms with Gasteiger partial charge in [0, 0.05) is 5.92 Å². The fourth-order valence-electron chi connectivity index (χ4n) is 3.79. The van der Waals surface area contributed by atoms with E-state index in [2.05, 4.69) is 28.8 Å². The Morgan fingerprint density at radius 2 is 2.04 bits per heavy atom. The van der Waals surface area contributed by atoms with Crippen molar-refractivity contribution in [3.05, 3.63) is 46.8 Å². The molecule has 0 radical (unpaired) electrons. The Kier molecular flexibility index (Phi) is 6.07. The fraction of sp³-hybridized carbons (Fsp3) is 0.571. The molecule has 3 rings (SSSR count). The van der Waals surface area contributed by atoms with Gasteiger partial charge in [0.2, 0.25) is 0 Å². The van der Waals surface area contributed by atoms with Gasteiger partial charge in [-0.3, -0.25) is 0 Å². The van der Waals surface area contributed by atoms with Gasteiger partial charge in [0.05, 0.1) is 30.1 Å². The van der Waals surface area contributed by atoms with E-state index in [4.69, 9.17) is 4.74 Å². The largest absolute Gasteiger partial charge is 0.465 e. The minimum absolute atomic E-state index is 0.290. The molecule has 0 saturated heterocycles. The van der Waals surface area contributed by atoms with Crippen molar-refractivity contribution in [3.63, 3.8) is 0 Å². The Morgan fingerprint density at radius 1 is 1.27 bits per heavy atom. The second-order valence-corrected chi connectivity index (χ2v) is 7.31. The number of carbonyl (C=O) groups is 1. The molecule has 1 aromatic carbocycles. The number of nitrogens with zero attached hydrogens (tertiary/aromatic N) is 3. The highest BCUT2D eigenvalue weighted by Crippen LogP contribution is 2.32. The summed E-state index contributed by atoms with van der Waals surface area (Å²) in [7, 11) is 1.41. The Labute approximate surface area is 155 Å². The average Bonchev–Trinajstić information content (AvgIpc) is 3.07. The fourth-order valence-corrected chi connectivity index (χ4v) is 3.79. The van der Waals surface area contributed by atoms with E-state index >= 15 is 0 Å². The first-order chi connectivity index (χ1) is 12.6. The molecule has 140 valence electrons. The second-order valence-electron chi connectivity index (χ2n) is 7.31. The van der Waals surface area contributed by atoms with Crippen LogP contribution in [-0.2, 0) is 17.6 Å². The molecule has 0 saturated carbocycles. The van der Waals surface area contributed by atoms with Crippen molar-refractivity contribution >= 4 is 5.97 Å². The summed E-state index contributed by atoms with van der Waals surface area (Å²) in [6.07, 6.45) is 7.94. The number of benzene rings is 1. The summed E-state index contributed by atoms with van der Waals surface area (Å²) in [6, 6.07) is 8.15. The smallest absolute Gasteiger partial charge is 0.337 e. The molecule has 0 N–H and O–H groups in total. The summed E-state index contributed by atoms with van der Waals surface area (Å²) in [5.74, 6) is 0.105. The molecule has 26 heavy (non-hydrogen) atoms. The van der Waals surface area contributed by atoms with Gasteiger partial charge in [0.1, 0.15) is 0 Å². The van der Waals surface area contributed by atoms with Crippen molar-refractivity contribution in [1.29, 1.82) is 0 Å². The summed E-state index contributed by atoms with van der Waals surface area (Å²) in [5, 5.41) is 9.10. The molecule has 0 fully saturated rings. The minimum atomic E-state index is -0.290. The number of carbonyl (C=O) groups excluding carboxylic acids is 1. The van der Waals surface area contributed by atoms with Crippen LogP contribution in [0, 0.1) is 0 Å². The van der Waals surface area contributed by atoms with E-state index in [0.29, 0.717) is 17.5 Å². The zero-order chi connectivity index (χ0) is 18.5. The van der Waals surface area contributed by atoms with Gasteiger partial charge in [-0.25, -0.2) is 9.48 Å². The molecule has 0 amide bonds. The Morgan fingerprint density at radius 3 is 2.73 bits per heavy atom. The number of ether oxygens (including phenoxy) is 1. The maximum Gasteiger partial charge on any atom is 0.337 e. The number of esters is 1. The molecular formula is C21H29N3O2. The zero-order valence-corrected chi connectivity index (χ0v) is 16.1. The lowest BCUT2D eigenvalue weighted by atomic mass is 9.86. The van der Waals surface area contributed by atoms with Crippen molar-refractivity contribution in [3.8, 4) is 0 Å². The number of methoxy groups -OCH3 is 1. The van der Waals surface area contributed by atoms with E-state index in [-0.39, 0.29) is 5.97 Å². The lowest BCUT2D eigenvalue weighted by molar-refractivity contribution is 0.0600. The van der Waals surface area contributed by atoms with Crippen molar-refractivity contribution in [1.82, 2.24) is 15.0 Å². The molecule has 1 aliphatic carbocycles. The van der Waals surface area contributed by atoms with Crippen LogP contribution in [0.4, 0.5) is 0 Å². The number of hydrogen-bond donors (Lipinski definition) is 0. The molecular weight excluding hydrogens is 326 g/mol. The molecule has 0 spiro atoms. The highest BCUT2D eigenvalue weighted by Gasteiger charge is 2.25. The number of hydrogen-bond acceptors (Lipinski definition) is 4. The molecule has 2 aromatic rings. The second kappa shape index (κ2) is 8.47. The molecule has 1 heterocycles. The normalized spacial score (nSPS) is 18.5. The monoisotopic (exact) mass is 355 g/mol. The zero-order valence-electron chi connectivity index (χ0n) is 16.1. The van der Waals surface area contributed by atoms with Crippen molar-refractivity contribution in [2.75, 3.05) is 7.11 Å². The quantitative estimate of drug-likeness (QED) is 0.742. The maximum atomic E-state index is 11.6.